The number of rotatable bonds is 5. The Morgan fingerprint density at radius 3 is 2.52 bits per heavy atom. The zero-order valence-corrected chi connectivity index (χ0v) is 20.5. The highest BCUT2D eigenvalue weighted by molar-refractivity contribution is 9.10. The predicted octanol–water partition coefficient (Wildman–Crippen LogP) is 4.29. The van der Waals surface area contributed by atoms with E-state index in [0.29, 0.717) is 0 Å². The Labute approximate surface area is 204 Å². The molecule has 1 aliphatic carbocycles. The minimum Gasteiger partial charge on any atom is -0.496 e. The number of allylic oxidation sites excluding steroid dienone is 1. The number of halogens is 2. The number of hydrogen-bond donors (Lipinski definition) is 1. The fourth-order valence-electron chi connectivity index (χ4n) is 4.25. The first-order valence-electron chi connectivity index (χ1n) is 10.2. The third kappa shape index (κ3) is 3.91. The van der Waals surface area contributed by atoms with Gasteiger partial charge >= 0.3 is 0 Å². The Morgan fingerprint density at radius 1 is 1.21 bits per heavy atom. The lowest BCUT2D eigenvalue weighted by Gasteiger charge is -2.37. The van der Waals surface area contributed by atoms with Crippen LogP contribution in [-0.4, -0.2) is 37.3 Å². The molecule has 0 saturated heterocycles. The van der Waals surface area contributed by atoms with Crippen molar-refractivity contribution in [3.63, 3.8) is 0 Å². The van der Waals surface area contributed by atoms with Gasteiger partial charge in [0.2, 0.25) is 17.3 Å². The molecule has 1 heterocycles. The molecule has 0 fully saturated rings. The number of amides is 1. The number of nitrogens with one attached hydrogen (secondary N) is 1. The van der Waals surface area contributed by atoms with Gasteiger partial charge in [-0.15, -0.1) is 0 Å². The zero-order valence-electron chi connectivity index (χ0n) is 18.2. The van der Waals surface area contributed by atoms with Gasteiger partial charge < -0.3 is 19.5 Å². The fraction of sp³-hybridized carbons (Fsp3) is 0.292. The summed E-state index contributed by atoms with van der Waals surface area (Å²) in [7, 11) is 2.86. The molecule has 1 spiro atoms. The fourth-order valence-corrected chi connectivity index (χ4v) is 4.78. The molecule has 0 aromatic heterocycles. The summed E-state index contributed by atoms with van der Waals surface area (Å²) in [6.07, 6.45) is 1.39. The average molecular weight is 535 g/mol. The van der Waals surface area contributed by atoms with E-state index in [1.165, 1.54) is 26.4 Å². The molecule has 7 nitrogen and oxygen atoms in total. The molecule has 1 aliphatic heterocycles. The smallest absolute Gasteiger partial charge is 0.228 e. The molecule has 4 rings (SSSR count). The van der Waals surface area contributed by atoms with Gasteiger partial charge in [-0.25, -0.2) is 0 Å². The van der Waals surface area contributed by atoms with Crippen LogP contribution in [0.3, 0.4) is 0 Å². The van der Waals surface area contributed by atoms with E-state index in [1.807, 2.05) is 24.3 Å². The van der Waals surface area contributed by atoms with Crippen LogP contribution in [-0.2, 0) is 16.0 Å². The zero-order chi connectivity index (χ0) is 23.9. The molecule has 0 radical (unpaired) electrons. The largest absolute Gasteiger partial charge is 0.496 e. The first kappa shape index (κ1) is 23.3. The summed E-state index contributed by atoms with van der Waals surface area (Å²) >= 11 is 9.83. The standard InChI is InChI=1S/C24H21BrClNO6/c1-12-8-15(28)10-18(27-19(29)9-13-4-6-14(25)7-5-13)24(12)23(30)20-16(31-2)11-17(32-3)21(26)22(20)33-24/h4-7,10-12H,8-9H2,1-3H3,(H,27,29)/t12-,24+/m1/s1. The van der Waals surface area contributed by atoms with E-state index in [1.54, 1.807) is 6.92 Å². The number of ether oxygens (including phenoxy) is 3. The summed E-state index contributed by atoms with van der Waals surface area (Å²) in [5, 5.41) is 2.87. The van der Waals surface area contributed by atoms with Gasteiger partial charge in [-0.05, 0) is 17.7 Å². The van der Waals surface area contributed by atoms with Crippen molar-refractivity contribution in [3.8, 4) is 17.2 Å². The average Bonchev–Trinajstić information content (AvgIpc) is 3.09. The maximum absolute atomic E-state index is 13.8. The topological polar surface area (TPSA) is 90.9 Å². The maximum atomic E-state index is 13.8. The lowest BCUT2D eigenvalue weighted by atomic mass is 9.74. The van der Waals surface area contributed by atoms with Gasteiger partial charge in [0, 0.05) is 29.0 Å². The van der Waals surface area contributed by atoms with Gasteiger partial charge in [0.05, 0.1) is 26.3 Å². The van der Waals surface area contributed by atoms with E-state index >= 15 is 0 Å². The lowest BCUT2D eigenvalue weighted by Crippen LogP contribution is -2.55. The summed E-state index contributed by atoms with van der Waals surface area (Å²) < 4.78 is 17.8. The Morgan fingerprint density at radius 2 is 1.88 bits per heavy atom. The van der Waals surface area contributed by atoms with Crippen LogP contribution in [0.1, 0.15) is 29.3 Å². The molecular weight excluding hydrogens is 514 g/mol. The summed E-state index contributed by atoms with van der Waals surface area (Å²) in [5.74, 6) is -0.979. The number of Topliss-reactive ketones (excluding diaryl/α,β-unsaturated/α-hetero) is 1. The van der Waals surface area contributed by atoms with Crippen molar-refractivity contribution in [2.75, 3.05) is 14.2 Å². The molecule has 2 aromatic rings. The van der Waals surface area contributed by atoms with Gasteiger partial charge in [-0.2, -0.15) is 0 Å². The second-order valence-corrected chi connectivity index (χ2v) is 9.24. The highest BCUT2D eigenvalue weighted by Crippen LogP contribution is 2.54. The third-order valence-electron chi connectivity index (χ3n) is 5.88. The number of carbonyl (C=O) groups excluding carboxylic acids is 3. The van der Waals surface area contributed by atoms with Crippen LogP contribution < -0.4 is 19.5 Å². The normalized spacial score (nSPS) is 21.4. The Bertz CT molecular complexity index is 1190. The van der Waals surface area contributed by atoms with Crippen LogP contribution in [0.4, 0.5) is 0 Å². The number of ketones is 2. The lowest BCUT2D eigenvalue weighted by molar-refractivity contribution is -0.120. The molecule has 1 amide bonds. The molecule has 0 unspecified atom stereocenters. The van der Waals surface area contributed by atoms with E-state index in [2.05, 4.69) is 21.2 Å². The molecule has 9 heteroatoms. The van der Waals surface area contributed by atoms with Crippen molar-refractivity contribution in [2.24, 2.45) is 5.92 Å². The molecule has 2 aromatic carbocycles. The number of hydrogen-bond acceptors (Lipinski definition) is 6. The van der Waals surface area contributed by atoms with Crippen LogP contribution in [0.25, 0.3) is 0 Å². The van der Waals surface area contributed by atoms with Gasteiger partial charge in [-0.1, -0.05) is 46.6 Å². The second kappa shape index (κ2) is 8.83. The Balaban J connectivity index is 1.74. The van der Waals surface area contributed by atoms with Crippen molar-refractivity contribution >= 4 is 45.0 Å². The van der Waals surface area contributed by atoms with Crippen LogP contribution >= 0.6 is 27.5 Å². The highest BCUT2D eigenvalue weighted by Gasteiger charge is 2.59. The van der Waals surface area contributed by atoms with Gasteiger partial charge in [0.15, 0.2) is 11.5 Å². The van der Waals surface area contributed by atoms with E-state index in [0.717, 1.165) is 10.0 Å². The molecule has 172 valence electrons. The van der Waals surface area contributed by atoms with Crippen LogP contribution in [0.5, 0.6) is 17.2 Å². The molecule has 33 heavy (non-hydrogen) atoms. The van der Waals surface area contributed by atoms with Crippen molar-refractivity contribution < 1.29 is 28.6 Å². The molecule has 0 saturated carbocycles. The number of carbonyl (C=O) groups is 3. The van der Waals surface area contributed by atoms with Crippen LogP contribution in [0.15, 0.2) is 46.6 Å². The molecule has 0 bridgehead atoms. The van der Waals surface area contributed by atoms with Crippen LogP contribution in [0.2, 0.25) is 5.02 Å². The van der Waals surface area contributed by atoms with Crippen molar-refractivity contribution in [1.29, 1.82) is 0 Å². The molecule has 1 N–H and O–H groups in total. The van der Waals surface area contributed by atoms with E-state index < -0.39 is 17.3 Å². The van der Waals surface area contributed by atoms with E-state index in [9.17, 15) is 14.4 Å². The number of benzene rings is 2. The minimum atomic E-state index is -1.62. The minimum absolute atomic E-state index is 0.0578. The summed E-state index contributed by atoms with van der Waals surface area (Å²) in [5.41, 5.74) is -0.601. The van der Waals surface area contributed by atoms with Gasteiger partial charge in [0.25, 0.3) is 0 Å². The molecule has 2 atom stereocenters. The summed E-state index contributed by atoms with van der Waals surface area (Å²) in [6, 6.07) is 8.80. The number of fused-ring (bicyclic) bond motifs is 1. The number of methoxy groups -OCH3 is 2. The van der Waals surface area contributed by atoms with Gasteiger partial charge in [-0.3, -0.25) is 14.4 Å². The molecular formula is C24H21BrClNO6. The Hall–Kier alpha value is -2.84. The quantitative estimate of drug-likeness (QED) is 0.616. The highest BCUT2D eigenvalue weighted by atomic mass is 79.9. The van der Waals surface area contributed by atoms with Gasteiger partial charge in [0.1, 0.15) is 22.1 Å². The predicted molar refractivity (Wildman–Crippen MR) is 125 cm³/mol. The van der Waals surface area contributed by atoms with Crippen molar-refractivity contribution in [2.45, 2.75) is 25.4 Å². The first-order valence-corrected chi connectivity index (χ1v) is 11.4. The van der Waals surface area contributed by atoms with E-state index in [-0.39, 0.29) is 58.1 Å². The van der Waals surface area contributed by atoms with Crippen LogP contribution in [0, 0.1) is 5.92 Å². The van der Waals surface area contributed by atoms with E-state index in [4.69, 9.17) is 25.8 Å². The molecule has 2 aliphatic rings. The SMILES string of the molecule is COc1cc(OC)c2c(c1Cl)O[C@]1(C2=O)C(NC(=O)Cc2ccc(Br)cc2)=CC(=O)C[C@H]1C. The second-order valence-electron chi connectivity index (χ2n) is 7.95. The summed E-state index contributed by atoms with van der Waals surface area (Å²) in [4.78, 5) is 39.1. The summed E-state index contributed by atoms with van der Waals surface area (Å²) in [6.45, 7) is 1.73. The maximum Gasteiger partial charge on any atom is 0.228 e. The van der Waals surface area contributed by atoms with Crippen molar-refractivity contribution in [3.05, 3.63) is 62.7 Å². The first-order chi connectivity index (χ1) is 15.7. The van der Waals surface area contributed by atoms with Crippen molar-refractivity contribution in [1.82, 2.24) is 5.32 Å². The Kier molecular flexibility index (Phi) is 6.24. The third-order valence-corrected chi connectivity index (χ3v) is 6.76. The monoisotopic (exact) mass is 533 g/mol.